The van der Waals surface area contributed by atoms with E-state index in [0.29, 0.717) is 35.7 Å². The molecule has 0 aliphatic carbocycles. The summed E-state index contributed by atoms with van der Waals surface area (Å²) in [7, 11) is 0. The molecule has 3 amide bonds. The van der Waals surface area contributed by atoms with Gasteiger partial charge < -0.3 is 5.32 Å². The molecule has 0 saturated heterocycles. The molecular weight excluding hydrogens is 286 g/mol. The van der Waals surface area contributed by atoms with Crippen LogP contribution in [0.4, 0.5) is 4.79 Å². The van der Waals surface area contributed by atoms with E-state index < -0.39 is 16.7 Å². The monoisotopic (exact) mass is 307 g/mol. The first-order valence-electron chi connectivity index (χ1n) is 7.83. The van der Waals surface area contributed by atoms with E-state index in [1.165, 1.54) is 0 Å². The molecule has 8 nitrogen and oxygen atoms in total. The van der Waals surface area contributed by atoms with Gasteiger partial charge in [0, 0.05) is 0 Å². The number of carbonyl (C=O) groups is 2. The zero-order valence-electron chi connectivity index (χ0n) is 12.9. The lowest BCUT2D eigenvalue weighted by molar-refractivity contribution is -1.22. The van der Waals surface area contributed by atoms with Crippen LogP contribution in [0.3, 0.4) is 0 Å². The number of quaternary nitrogens is 1. The minimum atomic E-state index is -0.454. The highest BCUT2D eigenvalue weighted by molar-refractivity contribution is 6.07. The van der Waals surface area contributed by atoms with E-state index in [1.807, 2.05) is 6.92 Å². The van der Waals surface area contributed by atoms with Crippen LogP contribution in [-0.4, -0.2) is 46.4 Å². The number of rotatable bonds is 5. The zero-order chi connectivity index (χ0) is 15.9. The maximum absolute atomic E-state index is 12.9. The summed E-state index contributed by atoms with van der Waals surface area (Å²) in [6, 6.07) is -0.879. The maximum Gasteiger partial charge on any atom is 0.407 e. The van der Waals surface area contributed by atoms with Gasteiger partial charge in [-0.05, 0) is 22.3 Å². The first kappa shape index (κ1) is 14.8. The van der Waals surface area contributed by atoms with Crippen LogP contribution in [-0.2, 0) is 4.79 Å². The second-order valence-corrected chi connectivity index (χ2v) is 5.85. The van der Waals surface area contributed by atoms with Gasteiger partial charge in [-0.3, -0.25) is 0 Å². The van der Waals surface area contributed by atoms with Crippen LogP contribution in [0.15, 0.2) is 16.4 Å². The standard InChI is InChI=1S/C14H20N5O3/c1-3-5-6-10-13(20)19(7-4-2)12(16-10)9-8-15-14(21)17-11(9)18(19)22/h10H,3-8H2,1-2H3,(H-,15,16,17,21)/q+1/p+1. The summed E-state index contributed by atoms with van der Waals surface area (Å²) >= 11 is 0. The van der Waals surface area contributed by atoms with Crippen LogP contribution in [0.25, 0.3) is 0 Å². The lowest BCUT2D eigenvalue weighted by Crippen LogP contribution is -2.58. The Morgan fingerprint density at radius 3 is 2.77 bits per heavy atom. The lowest BCUT2D eigenvalue weighted by atomic mass is 10.1. The molecule has 3 aliphatic rings. The van der Waals surface area contributed by atoms with Gasteiger partial charge in [-0.1, -0.05) is 26.7 Å². The van der Waals surface area contributed by atoms with Crippen molar-refractivity contribution in [1.29, 1.82) is 0 Å². The number of amidine groups is 1. The highest BCUT2D eigenvalue weighted by Gasteiger charge is 2.69. The molecule has 3 aliphatic heterocycles. The topological polar surface area (TPSA) is 90.6 Å². The summed E-state index contributed by atoms with van der Waals surface area (Å²) < 4.78 is -0.419. The van der Waals surface area contributed by atoms with E-state index >= 15 is 0 Å². The lowest BCUT2D eigenvalue weighted by Gasteiger charge is -2.19. The normalized spacial score (nSPS) is 30.0. The van der Waals surface area contributed by atoms with Gasteiger partial charge in [-0.15, -0.1) is 0 Å². The number of amides is 3. The van der Waals surface area contributed by atoms with E-state index in [2.05, 4.69) is 22.5 Å². The van der Waals surface area contributed by atoms with Gasteiger partial charge in [0.2, 0.25) is 0 Å². The van der Waals surface area contributed by atoms with E-state index in [-0.39, 0.29) is 18.3 Å². The predicted molar refractivity (Wildman–Crippen MR) is 78.4 cm³/mol. The Hall–Kier alpha value is -2.09. The van der Waals surface area contributed by atoms with Gasteiger partial charge >= 0.3 is 17.8 Å². The summed E-state index contributed by atoms with van der Waals surface area (Å²) in [5.74, 6) is 0.493. The molecule has 3 heterocycles. The van der Waals surface area contributed by atoms with Crippen molar-refractivity contribution in [3.63, 3.8) is 0 Å². The van der Waals surface area contributed by atoms with Crippen molar-refractivity contribution in [3.8, 4) is 0 Å². The van der Waals surface area contributed by atoms with Crippen LogP contribution in [0, 0.1) is 4.91 Å². The minimum absolute atomic E-state index is 0.165. The van der Waals surface area contributed by atoms with Crippen molar-refractivity contribution in [2.75, 3.05) is 13.1 Å². The van der Waals surface area contributed by atoms with Crippen LogP contribution in [0.5, 0.6) is 0 Å². The number of nitrogens with zero attached hydrogens (tertiary/aromatic N) is 3. The van der Waals surface area contributed by atoms with Crippen molar-refractivity contribution in [2.45, 2.75) is 45.6 Å². The van der Waals surface area contributed by atoms with Gasteiger partial charge in [-0.25, -0.2) is 14.6 Å². The molecule has 22 heavy (non-hydrogen) atoms. The summed E-state index contributed by atoms with van der Waals surface area (Å²) in [6.07, 6.45) is 3.22. The second kappa shape index (κ2) is 5.28. The van der Waals surface area contributed by atoms with Crippen LogP contribution < -0.4 is 10.6 Å². The number of unbranched alkanes of at least 4 members (excludes halogenated alkanes) is 1. The van der Waals surface area contributed by atoms with E-state index in [4.69, 9.17) is 0 Å². The Morgan fingerprint density at radius 1 is 1.32 bits per heavy atom. The highest BCUT2D eigenvalue weighted by Crippen LogP contribution is 2.36. The quantitative estimate of drug-likeness (QED) is 0.585. The van der Waals surface area contributed by atoms with Gasteiger partial charge in [0.25, 0.3) is 5.84 Å². The third-order valence-corrected chi connectivity index (χ3v) is 4.37. The molecule has 0 aromatic rings. The highest BCUT2D eigenvalue weighted by atomic mass is 16.4. The van der Waals surface area contributed by atoms with Gasteiger partial charge in [0.15, 0.2) is 16.5 Å². The second-order valence-electron chi connectivity index (χ2n) is 5.85. The van der Waals surface area contributed by atoms with Gasteiger partial charge in [0.05, 0.1) is 6.54 Å². The molecule has 0 saturated carbocycles. The smallest absolute Gasteiger partial charge is 0.313 e. The number of nitroso groups, excluding NO2 is 1. The Kier molecular flexibility index (Phi) is 3.56. The summed E-state index contributed by atoms with van der Waals surface area (Å²) in [5, 5.41) is 5.16. The fourth-order valence-corrected chi connectivity index (χ4v) is 3.34. The Bertz CT molecular complexity index is 624. The van der Waals surface area contributed by atoms with E-state index in [0.717, 1.165) is 12.8 Å². The Balaban J connectivity index is 2.04. The zero-order valence-corrected chi connectivity index (χ0v) is 12.9. The fourth-order valence-electron chi connectivity index (χ4n) is 3.34. The number of aliphatic imine (C=N–C) groups is 1. The molecule has 0 aromatic heterocycles. The predicted octanol–water partition coefficient (Wildman–Crippen LogP) is 0.943. The molecule has 0 spiro atoms. The van der Waals surface area contributed by atoms with Gasteiger partial charge in [0.1, 0.15) is 6.54 Å². The maximum atomic E-state index is 12.9. The third kappa shape index (κ3) is 1.83. The molecular formula is C14H21N5O3+2. The van der Waals surface area contributed by atoms with Crippen LogP contribution >= 0.6 is 0 Å². The van der Waals surface area contributed by atoms with Crippen molar-refractivity contribution in [2.24, 2.45) is 4.99 Å². The number of urea groups is 1. The van der Waals surface area contributed by atoms with Crippen molar-refractivity contribution in [3.05, 3.63) is 16.3 Å². The fraction of sp³-hybridized carbons (Fsp3) is 0.643. The van der Waals surface area contributed by atoms with Gasteiger partial charge in [-0.2, -0.15) is 5.32 Å². The number of hydrogen-bond acceptors (Lipinski definition) is 4. The summed E-state index contributed by atoms with van der Waals surface area (Å²) in [4.78, 5) is 42.4. The molecule has 118 valence electrons. The number of hydrogen-bond donors (Lipinski definition) is 2. The van der Waals surface area contributed by atoms with Crippen molar-refractivity contribution in [1.82, 2.24) is 10.6 Å². The average Bonchev–Trinajstić information content (AvgIpc) is 2.90. The molecule has 0 bridgehead atoms. The molecule has 3 rings (SSSR count). The van der Waals surface area contributed by atoms with E-state index in [9.17, 15) is 14.5 Å². The molecule has 0 aromatic carbocycles. The number of fused-ring (bicyclic) bond motifs is 2. The number of nitrogens with one attached hydrogen (secondary N) is 2. The molecule has 0 radical (unpaired) electrons. The first-order valence-corrected chi connectivity index (χ1v) is 7.83. The van der Waals surface area contributed by atoms with E-state index in [1.54, 1.807) is 0 Å². The molecule has 2 atom stereocenters. The number of carbonyl (C=O) groups excluding carboxylic acids is 2. The minimum Gasteiger partial charge on any atom is -0.313 e. The third-order valence-electron chi connectivity index (χ3n) is 4.37. The van der Waals surface area contributed by atoms with Crippen molar-refractivity contribution < 1.29 is 19.1 Å². The van der Waals surface area contributed by atoms with Crippen LogP contribution in [0.1, 0.15) is 39.5 Å². The Morgan fingerprint density at radius 2 is 2.09 bits per heavy atom. The van der Waals surface area contributed by atoms with Crippen LogP contribution in [0.2, 0.25) is 0 Å². The average molecular weight is 307 g/mol. The molecule has 8 heteroatoms. The molecule has 2 unspecified atom stereocenters. The Labute approximate surface area is 128 Å². The van der Waals surface area contributed by atoms with Crippen molar-refractivity contribution >= 4 is 17.8 Å². The summed E-state index contributed by atoms with van der Waals surface area (Å²) in [5.41, 5.74) is 0.635. The SMILES string of the molecule is CCCCC1N=C2C3=C(NC(=O)NC3)[N+](=O)[N+]2(CCC)C1=O. The molecule has 2 N–H and O–H groups in total. The molecule has 0 fully saturated rings. The first-order chi connectivity index (χ1) is 10.6. The largest absolute Gasteiger partial charge is 0.407 e. The summed E-state index contributed by atoms with van der Waals surface area (Å²) in [6.45, 7) is 4.59.